The van der Waals surface area contributed by atoms with Crippen LogP contribution in [0.15, 0.2) is 18.2 Å². The Bertz CT molecular complexity index is 274. The largest absolute Gasteiger partial charge is 0.328 e. The van der Waals surface area contributed by atoms with Gasteiger partial charge in [-0.05, 0) is 31.0 Å². The van der Waals surface area contributed by atoms with Crippen molar-refractivity contribution in [2.45, 2.75) is 19.4 Å². The first-order valence-electron chi connectivity index (χ1n) is 3.79. The van der Waals surface area contributed by atoms with Crippen LogP contribution in [0.3, 0.4) is 0 Å². The van der Waals surface area contributed by atoms with Crippen LogP contribution in [-0.4, -0.2) is 6.04 Å². The van der Waals surface area contributed by atoms with E-state index in [1.807, 2.05) is 19.1 Å². The summed E-state index contributed by atoms with van der Waals surface area (Å²) in [5.41, 5.74) is 6.69. The predicted octanol–water partition coefficient (Wildman–Crippen LogP) is 3.30. The van der Waals surface area contributed by atoms with Gasteiger partial charge < -0.3 is 5.73 Å². The van der Waals surface area contributed by atoms with Crippen LogP contribution < -0.4 is 5.73 Å². The van der Waals surface area contributed by atoms with Gasteiger partial charge >= 0.3 is 0 Å². The Morgan fingerprint density at radius 1 is 1.38 bits per heavy atom. The van der Waals surface area contributed by atoms with Crippen molar-refractivity contribution < 1.29 is 0 Å². The second-order valence-electron chi connectivity index (χ2n) is 2.92. The topological polar surface area (TPSA) is 26.0 Å². The minimum atomic E-state index is 0. The quantitative estimate of drug-likeness (QED) is 0.843. The van der Waals surface area contributed by atoms with Gasteiger partial charge in [0, 0.05) is 16.1 Å². The highest BCUT2D eigenvalue weighted by Gasteiger charge is 2.03. The molecule has 2 N–H and O–H groups in total. The monoisotopic (exact) mass is 239 g/mol. The van der Waals surface area contributed by atoms with E-state index in [0.29, 0.717) is 10.0 Å². The van der Waals surface area contributed by atoms with Crippen molar-refractivity contribution in [1.82, 2.24) is 0 Å². The summed E-state index contributed by atoms with van der Waals surface area (Å²) < 4.78 is 0. The summed E-state index contributed by atoms with van der Waals surface area (Å²) in [4.78, 5) is 0. The molecule has 0 radical (unpaired) electrons. The molecule has 1 aromatic carbocycles. The highest BCUT2D eigenvalue weighted by atomic mass is 35.5. The van der Waals surface area contributed by atoms with Gasteiger partial charge in [-0.15, -0.1) is 12.4 Å². The van der Waals surface area contributed by atoms with E-state index in [1.54, 1.807) is 6.07 Å². The van der Waals surface area contributed by atoms with Gasteiger partial charge in [0.15, 0.2) is 0 Å². The first kappa shape index (κ1) is 13.1. The second kappa shape index (κ2) is 5.71. The predicted molar refractivity (Wildman–Crippen MR) is 61.1 cm³/mol. The Hall–Kier alpha value is 0.0500. The molecule has 0 saturated heterocycles. The third kappa shape index (κ3) is 4.19. The van der Waals surface area contributed by atoms with Crippen LogP contribution in [0, 0.1) is 0 Å². The van der Waals surface area contributed by atoms with Crippen molar-refractivity contribution in [3.63, 3.8) is 0 Å². The van der Waals surface area contributed by atoms with Crippen molar-refractivity contribution in [2.75, 3.05) is 0 Å². The average Bonchev–Trinajstić information content (AvgIpc) is 1.94. The normalized spacial score (nSPS) is 12.0. The van der Waals surface area contributed by atoms with Gasteiger partial charge in [0.25, 0.3) is 0 Å². The first-order chi connectivity index (χ1) is 5.59. The fourth-order valence-corrected chi connectivity index (χ4v) is 1.52. The molecule has 13 heavy (non-hydrogen) atoms. The second-order valence-corrected chi connectivity index (χ2v) is 3.76. The van der Waals surface area contributed by atoms with Crippen molar-refractivity contribution in [3.8, 4) is 0 Å². The zero-order valence-corrected chi connectivity index (χ0v) is 9.59. The van der Waals surface area contributed by atoms with Crippen molar-refractivity contribution in [3.05, 3.63) is 33.8 Å². The molecule has 0 aliphatic heterocycles. The number of halogens is 3. The van der Waals surface area contributed by atoms with Gasteiger partial charge in [-0.2, -0.15) is 0 Å². The Kier molecular flexibility index (Phi) is 5.73. The first-order valence-corrected chi connectivity index (χ1v) is 4.54. The van der Waals surface area contributed by atoms with Crippen LogP contribution in [0.4, 0.5) is 0 Å². The molecule has 4 heteroatoms. The van der Waals surface area contributed by atoms with E-state index >= 15 is 0 Å². The molecule has 0 aromatic heterocycles. The molecule has 0 heterocycles. The molecule has 0 bridgehead atoms. The molecule has 0 saturated carbocycles. The number of rotatable bonds is 2. The van der Waals surface area contributed by atoms with Crippen molar-refractivity contribution >= 4 is 35.6 Å². The van der Waals surface area contributed by atoms with E-state index in [-0.39, 0.29) is 18.4 Å². The molecule has 0 spiro atoms. The molecule has 0 fully saturated rings. The van der Waals surface area contributed by atoms with Crippen LogP contribution in [0.5, 0.6) is 0 Å². The summed E-state index contributed by atoms with van der Waals surface area (Å²) in [6.45, 7) is 1.95. The zero-order chi connectivity index (χ0) is 9.14. The van der Waals surface area contributed by atoms with Crippen LogP contribution in [0.2, 0.25) is 10.0 Å². The van der Waals surface area contributed by atoms with Gasteiger partial charge in [0.1, 0.15) is 0 Å². The molecule has 0 amide bonds. The van der Waals surface area contributed by atoms with E-state index in [2.05, 4.69) is 0 Å². The summed E-state index contributed by atoms with van der Waals surface area (Å²) in [5, 5.41) is 1.35. The minimum Gasteiger partial charge on any atom is -0.328 e. The van der Waals surface area contributed by atoms with Crippen LogP contribution in [-0.2, 0) is 6.42 Å². The summed E-state index contributed by atoms with van der Waals surface area (Å²) in [6, 6.07) is 5.60. The van der Waals surface area contributed by atoms with Crippen molar-refractivity contribution in [2.24, 2.45) is 5.73 Å². The van der Waals surface area contributed by atoms with Crippen LogP contribution in [0.1, 0.15) is 12.5 Å². The Balaban J connectivity index is 0.00000144. The minimum absolute atomic E-state index is 0. The van der Waals surface area contributed by atoms with Gasteiger partial charge in [-0.1, -0.05) is 29.3 Å². The highest BCUT2D eigenvalue weighted by molar-refractivity contribution is 6.35. The number of nitrogens with two attached hydrogens (primary N) is 1. The van der Waals surface area contributed by atoms with Crippen LogP contribution in [0.25, 0.3) is 0 Å². The fraction of sp³-hybridized carbons (Fsp3) is 0.333. The molecule has 1 rings (SSSR count). The lowest BCUT2D eigenvalue weighted by atomic mass is 10.1. The van der Waals surface area contributed by atoms with E-state index in [9.17, 15) is 0 Å². The average molecular weight is 241 g/mol. The lowest BCUT2D eigenvalue weighted by molar-refractivity contribution is 0.738. The SMILES string of the molecule is CC(N)Cc1ccc(Cl)cc1Cl.Cl. The Morgan fingerprint density at radius 3 is 2.46 bits per heavy atom. The number of benzene rings is 1. The molecule has 1 nitrogen and oxygen atoms in total. The fourth-order valence-electron chi connectivity index (χ4n) is 1.03. The van der Waals surface area contributed by atoms with Gasteiger partial charge in [-0.3, -0.25) is 0 Å². The molecule has 1 aromatic rings. The van der Waals surface area contributed by atoms with Gasteiger partial charge in [-0.25, -0.2) is 0 Å². The number of hydrogen-bond donors (Lipinski definition) is 1. The standard InChI is InChI=1S/C9H11Cl2N.ClH/c1-6(12)4-7-2-3-8(10)5-9(7)11;/h2-3,5-6H,4,12H2,1H3;1H. The molecular weight excluding hydrogens is 228 g/mol. The van der Waals surface area contributed by atoms with Crippen molar-refractivity contribution in [1.29, 1.82) is 0 Å². The van der Waals surface area contributed by atoms with Gasteiger partial charge in [0.2, 0.25) is 0 Å². The molecule has 74 valence electrons. The molecule has 1 atom stereocenters. The maximum Gasteiger partial charge on any atom is 0.0453 e. The summed E-state index contributed by atoms with van der Waals surface area (Å²) >= 11 is 11.7. The highest BCUT2D eigenvalue weighted by Crippen LogP contribution is 2.21. The van der Waals surface area contributed by atoms with Gasteiger partial charge in [0.05, 0.1) is 0 Å². The molecule has 1 unspecified atom stereocenters. The van der Waals surface area contributed by atoms with E-state index in [0.717, 1.165) is 12.0 Å². The molecule has 0 aliphatic carbocycles. The lowest BCUT2D eigenvalue weighted by Crippen LogP contribution is -2.17. The van der Waals surface area contributed by atoms with E-state index < -0.39 is 0 Å². The van der Waals surface area contributed by atoms with Crippen LogP contribution >= 0.6 is 35.6 Å². The Labute approximate surface area is 94.6 Å². The molecular formula is C9H12Cl3N. The third-order valence-electron chi connectivity index (χ3n) is 1.56. The summed E-state index contributed by atoms with van der Waals surface area (Å²) in [6.07, 6.45) is 0.788. The maximum atomic E-state index is 5.93. The number of hydrogen-bond acceptors (Lipinski definition) is 1. The lowest BCUT2D eigenvalue weighted by Gasteiger charge is -2.06. The van der Waals surface area contributed by atoms with E-state index in [4.69, 9.17) is 28.9 Å². The summed E-state index contributed by atoms with van der Waals surface area (Å²) in [5.74, 6) is 0. The third-order valence-corrected chi connectivity index (χ3v) is 2.14. The smallest absolute Gasteiger partial charge is 0.0453 e. The molecule has 0 aliphatic rings. The summed E-state index contributed by atoms with van der Waals surface area (Å²) in [7, 11) is 0. The van der Waals surface area contributed by atoms with E-state index in [1.165, 1.54) is 0 Å². The maximum absolute atomic E-state index is 5.93. The Morgan fingerprint density at radius 2 is 2.00 bits per heavy atom. The zero-order valence-electron chi connectivity index (χ0n) is 7.26.